The van der Waals surface area contributed by atoms with Crippen LogP contribution in [-0.4, -0.2) is 17.8 Å². The van der Waals surface area contributed by atoms with Gasteiger partial charge in [0.1, 0.15) is 0 Å². The molecule has 0 fully saturated rings. The standard InChI is InChI=1S/C15H25NOS/c1-11(6-5-9-17)16-12(2)15-10-13-7-3-4-8-14(13)18-15/h10-12,16-17H,3-9H2,1-2H3. The summed E-state index contributed by atoms with van der Waals surface area (Å²) in [6.45, 7) is 4.76. The van der Waals surface area contributed by atoms with Crippen molar-refractivity contribution in [2.75, 3.05) is 6.61 Å². The van der Waals surface area contributed by atoms with E-state index in [-0.39, 0.29) is 0 Å². The number of rotatable bonds is 6. The Morgan fingerprint density at radius 1 is 1.33 bits per heavy atom. The number of hydrogen-bond acceptors (Lipinski definition) is 3. The van der Waals surface area contributed by atoms with Gasteiger partial charge >= 0.3 is 0 Å². The molecule has 0 saturated heterocycles. The second-order valence-corrected chi connectivity index (χ2v) is 6.63. The molecule has 2 unspecified atom stereocenters. The van der Waals surface area contributed by atoms with Gasteiger partial charge in [-0.25, -0.2) is 0 Å². The first-order chi connectivity index (χ1) is 8.70. The van der Waals surface area contributed by atoms with E-state index in [1.165, 1.54) is 30.6 Å². The number of nitrogens with one attached hydrogen (secondary N) is 1. The zero-order valence-electron chi connectivity index (χ0n) is 11.5. The Hall–Kier alpha value is -0.380. The summed E-state index contributed by atoms with van der Waals surface area (Å²) in [4.78, 5) is 3.10. The second-order valence-electron chi connectivity index (χ2n) is 5.46. The Labute approximate surface area is 114 Å². The van der Waals surface area contributed by atoms with Crippen molar-refractivity contribution in [1.29, 1.82) is 0 Å². The second kappa shape index (κ2) is 6.69. The third-order valence-electron chi connectivity index (χ3n) is 3.77. The minimum atomic E-state index is 0.299. The van der Waals surface area contributed by atoms with E-state index in [2.05, 4.69) is 25.2 Å². The van der Waals surface area contributed by atoms with Crippen molar-refractivity contribution in [1.82, 2.24) is 5.32 Å². The number of hydrogen-bond donors (Lipinski definition) is 2. The van der Waals surface area contributed by atoms with E-state index < -0.39 is 0 Å². The average Bonchev–Trinajstić information content (AvgIpc) is 2.80. The van der Waals surface area contributed by atoms with Gasteiger partial charge < -0.3 is 10.4 Å². The first-order valence-electron chi connectivity index (χ1n) is 7.19. The third-order valence-corrected chi connectivity index (χ3v) is 5.19. The van der Waals surface area contributed by atoms with E-state index in [0.29, 0.717) is 18.7 Å². The highest BCUT2D eigenvalue weighted by Gasteiger charge is 2.17. The van der Waals surface area contributed by atoms with Gasteiger partial charge in [-0.05, 0) is 64.0 Å². The van der Waals surface area contributed by atoms with Crippen LogP contribution < -0.4 is 5.32 Å². The molecule has 1 aliphatic carbocycles. The smallest absolute Gasteiger partial charge is 0.0431 e. The van der Waals surface area contributed by atoms with Crippen molar-refractivity contribution < 1.29 is 5.11 Å². The molecule has 0 spiro atoms. The zero-order valence-corrected chi connectivity index (χ0v) is 12.4. The van der Waals surface area contributed by atoms with Crippen LogP contribution in [0.2, 0.25) is 0 Å². The number of fused-ring (bicyclic) bond motifs is 1. The molecule has 0 saturated carbocycles. The van der Waals surface area contributed by atoms with Crippen molar-refractivity contribution in [3.8, 4) is 0 Å². The molecule has 2 atom stereocenters. The van der Waals surface area contributed by atoms with Crippen LogP contribution in [0.4, 0.5) is 0 Å². The van der Waals surface area contributed by atoms with Crippen LogP contribution in [-0.2, 0) is 12.8 Å². The van der Waals surface area contributed by atoms with Crippen LogP contribution in [0, 0.1) is 0 Å². The van der Waals surface area contributed by atoms with Crippen LogP contribution in [0.15, 0.2) is 6.07 Å². The Bertz CT molecular complexity index is 351. The maximum Gasteiger partial charge on any atom is 0.0431 e. The fourth-order valence-electron chi connectivity index (χ4n) is 2.72. The Morgan fingerprint density at radius 3 is 2.83 bits per heavy atom. The van der Waals surface area contributed by atoms with Crippen LogP contribution in [0.25, 0.3) is 0 Å². The maximum absolute atomic E-state index is 8.85. The average molecular weight is 267 g/mol. The van der Waals surface area contributed by atoms with Gasteiger partial charge in [-0.15, -0.1) is 11.3 Å². The predicted octanol–water partition coefficient (Wildman–Crippen LogP) is 3.44. The molecule has 102 valence electrons. The number of aliphatic hydroxyl groups is 1. The van der Waals surface area contributed by atoms with Gasteiger partial charge in [0.2, 0.25) is 0 Å². The summed E-state index contributed by atoms with van der Waals surface area (Å²) in [5.74, 6) is 0. The summed E-state index contributed by atoms with van der Waals surface area (Å²) in [7, 11) is 0. The summed E-state index contributed by atoms with van der Waals surface area (Å²) in [5.41, 5.74) is 1.60. The monoisotopic (exact) mass is 267 g/mol. The van der Waals surface area contributed by atoms with Gasteiger partial charge in [-0.1, -0.05) is 0 Å². The number of thiophene rings is 1. The molecule has 1 aromatic heterocycles. The maximum atomic E-state index is 8.85. The van der Waals surface area contributed by atoms with Gasteiger partial charge in [-0.2, -0.15) is 0 Å². The highest BCUT2D eigenvalue weighted by atomic mass is 32.1. The normalized spacial score (nSPS) is 18.4. The molecule has 0 bridgehead atoms. The number of aliphatic hydroxyl groups excluding tert-OH is 1. The lowest BCUT2D eigenvalue weighted by molar-refractivity contribution is 0.274. The molecular weight excluding hydrogens is 242 g/mol. The topological polar surface area (TPSA) is 32.3 Å². The Morgan fingerprint density at radius 2 is 2.11 bits per heavy atom. The highest BCUT2D eigenvalue weighted by molar-refractivity contribution is 7.12. The lowest BCUT2D eigenvalue weighted by Gasteiger charge is -2.18. The molecule has 0 aliphatic heterocycles. The van der Waals surface area contributed by atoms with Crippen LogP contribution in [0.3, 0.4) is 0 Å². The zero-order chi connectivity index (χ0) is 13.0. The minimum absolute atomic E-state index is 0.299. The van der Waals surface area contributed by atoms with Gasteiger partial charge in [0.05, 0.1) is 0 Å². The van der Waals surface area contributed by atoms with Crippen molar-refractivity contribution in [3.63, 3.8) is 0 Å². The Balaban J connectivity index is 1.92. The summed E-state index contributed by atoms with van der Waals surface area (Å²) in [6.07, 6.45) is 7.22. The van der Waals surface area contributed by atoms with Crippen LogP contribution in [0.1, 0.15) is 60.9 Å². The van der Waals surface area contributed by atoms with E-state index in [1.54, 1.807) is 10.4 Å². The Kier molecular flexibility index (Phi) is 5.22. The fourth-order valence-corrected chi connectivity index (χ4v) is 3.99. The van der Waals surface area contributed by atoms with Crippen LogP contribution >= 0.6 is 11.3 Å². The molecule has 1 heterocycles. The van der Waals surface area contributed by atoms with Crippen molar-refractivity contribution in [2.45, 2.75) is 64.5 Å². The molecule has 1 aliphatic rings. The van der Waals surface area contributed by atoms with E-state index in [1.807, 2.05) is 11.3 Å². The molecule has 0 radical (unpaired) electrons. The summed E-state index contributed by atoms with van der Waals surface area (Å²) in [6, 6.07) is 3.33. The van der Waals surface area contributed by atoms with E-state index >= 15 is 0 Å². The first kappa shape index (κ1) is 14.0. The van der Waals surface area contributed by atoms with Gasteiger partial charge in [-0.3, -0.25) is 0 Å². The quantitative estimate of drug-likeness (QED) is 0.827. The highest BCUT2D eigenvalue weighted by Crippen LogP contribution is 2.32. The first-order valence-corrected chi connectivity index (χ1v) is 8.00. The minimum Gasteiger partial charge on any atom is -0.396 e. The fraction of sp³-hybridized carbons (Fsp3) is 0.733. The predicted molar refractivity (Wildman–Crippen MR) is 78.3 cm³/mol. The molecule has 0 aromatic carbocycles. The molecule has 3 heteroatoms. The summed E-state index contributed by atoms with van der Waals surface area (Å²) < 4.78 is 0. The third kappa shape index (κ3) is 3.56. The summed E-state index contributed by atoms with van der Waals surface area (Å²) in [5, 5.41) is 12.5. The van der Waals surface area contributed by atoms with Crippen molar-refractivity contribution >= 4 is 11.3 Å². The van der Waals surface area contributed by atoms with Gasteiger partial charge in [0.25, 0.3) is 0 Å². The van der Waals surface area contributed by atoms with E-state index in [4.69, 9.17) is 5.11 Å². The van der Waals surface area contributed by atoms with E-state index in [0.717, 1.165) is 12.8 Å². The van der Waals surface area contributed by atoms with Gasteiger partial charge in [0.15, 0.2) is 0 Å². The molecular formula is C15H25NOS. The SMILES string of the molecule is CC(CCCO)NC(C)c1cc2c(s1)CCCC2. The lowest BCUT2D eigenvalue weighted by Crippen LogP contribution is -2.28. The van der Waals surface area contributed by atoms with Gasteiger partial charge in [0, 0.05) is 28.4 Å². The molecule has 18 heavy (non-hydrogen) atoms. The molecule has 2 nitrogen and oxygen atoms in total. The largest absolute Gasteiger partial charge is 0.396 e. The molecule has 1 aromatic rings. The van der Waals surface area contributed by atoms with E-state index in [9.17, 15) is 0 Å². The molecule has 2 rings (SSSR count). The van der Waals surface area contributed by atoms with Crippen LogP contribution in [0.5, 0.6) is 0 Å². The molecule has 0 amide bonds. The van der Waals surface area contributed by atoms with Crippen molar-refractivity contribution in [2.24, 2.45) is 0 Å². The van der Waals surface area contributed by atoms with Crippen molar-refractivity contribution in [3.05, 3.63) is 21.4 Å². The number of aryl methyl sites for hydroxylation is 2. The lowest BCUT2D eigenvalue weighted by atomic mass is 9.99. The summed E-state index contributed by atoms with van der Waals surface area (Å²) >= 11 is 2.00. The molecule has 2 N–H and O–H groups in total.